The van der Waals surface area contributed by atoms with Crippen molar-refractivity contribution in [3.8, 4) is 0 Å². The molecule has 0 spiro atoms. The minimum Gasteiger partial charge on any atom is -0.352 e. The first-order valence-corrected chi connectivity index (χ1v) is 6.67. The van der Waals surface area contributed by atoms with Crippen molar-refractivity contribution in [3.63, 3.8) is 0 Å². The van der Waals surface area contributed by atoms with Crippen molar-refractivity contribution in [3.05, 3.63) is 18.1 Å². The summed E-state index contributed by atoms with van der Waals surface area (Å²) in [7, 11) is 0. The Bertz CT molecular complexity index is 466. The van der Waals surface area contributed by atoms with Gasteiger partial charge >= 0.3 is 0 Å². The van der Waals surface area contributed by atoms with Crippen molar-refractivity contribution >= 4 is 18.1 Å². The van der Waals surface area contributed by atoms with Crippen molar-refractivity contribution in [1.82, 2.24) is 20.2 Å². The predicted octanol–water partition coefficient (Wildman–Crippen LogP) is -0.107. The van der Waals surface area contributed by atoms with E-state index in [1.807, 2.05) is 13.8 Å². The monoisotopic (exact) mass is 277 g/mol. The molecule has 2 amide bonds. The lowest BCUT2D eigenvalue weighted by Crippen LogP contribution is -2.46. The number of nitrogens with zero attached hydrogens (tertiary/aromatic N) is 4. The van der Waals surface area contributed by atoms with Gasteiger partial charge in [0.25, 0.3) is 5.91 Å². The molecular weight excluding hydrogens is 258 g/mol. The van der Waals surface area contributed by atoms with E-state index in [2.05, 4.69) is 20.2 Å². The Balaban J connectivity index is 1.98. The van der Waals surface area contributed by atoms with Crippen LogP contribution < -0.4 is 10.2 Å². The molecule has 1 aliphatic heterocycles. The van der Waals surface area contributed by atoms with E-state index in [1.165, 1.54) is 6.20 Å². The molecule has 0 radical (unpaired) electrons. The number of aromatic nitrogens is 2. The van der Waals surface area contributed by atoms with Crippen LogP contribution in [0.2, 0.25) is 0 Å². The second-order valence-corrected chi connectivity index (χ2v) is 5.02. The molecule has 2 heterocycles. The van der Waals surface area contributed by atoms with Gasteiger partial charge in [-0.2, -0.15) is 0 Å². The van der Waals surface area contributed by atoms with Gasteiger partial charge in [0.2, 0.25) is 6.41 Å². The van der Waals surface area contributed by atoms with E-state index in [1.54, 1.807) is 11.1 Å². The first-order valence-electron chi connectivity index (χ1n) is 6.67. The molecule has 1 saturated heterocycles. The fourth-order valence-electron chi connectivity index (χ4n) is 1.99. The average Bonchev–Trinajstić information content (AvgIpc) is 2.47. The zero-order chi connectivity index (χ0) is 14.5. The number of piperazine rings is 1. The van der Waals surface area contributed by atoms with Gasteiger partial charge in [-0.3, -0.25) is 9.59 Å². The summed E-state index contributed by atoms with van der Waals surface area (Å²) in [6, 6.07) is 0.0698. The van der Waals surface area contributed by atoms with Gasteiger partial charge in [0.15, 0.2) is 0 Å². The first-order chi connectivity index (χ1) is 9.60. The molecule has 1 aliphatic rings. The van der Waals surface area contributed by atoms with Crippen LogP contribution in [0.4, 0.5) is 5.82 Å². The second kappa shape index (κ2) is 6.31. The molecule has 0 aromatic carbocycles. The van der Waals surface area contributed by atoms with Crippen LogP contribution in [0.25, 0.3) is 0 Å². The number of rotatable bonds is 4. The predicted molar refractivity (Wildman–Crippen MR) is 74.5 cm³/mol. The zero-order valence-corrected chi connectivity index (χ0v) is 11.7. The summed E-state index contributed by atoms with van der Waals surface area (Å²) in [6.07, 6.45) is 3.95. The van der Waals surface area contributed by atoms with Gasteiger partial charge in [0, 0.05) is 32.2 Å². The highest BCUT2D eigenvalue weighted by molar-refractivity contribution is 5.92. The standard InChI is InChI=1S/C13H19N5O2/c1-10(2)16-13(20)11-7-15-12(8-14-11)18-5-3-17(9-19)4-6-18/h7-10H,3-6H2,1-2H3,(H,16,20). The molecule has 2 rings (SSSR count). The normalized spacial score (nSPS) is 15.3. The number of hydrogen-bond donors (Lipinski definition) is 1. The van der Waals surface area contributed by atoms with Crippen LogP contribution >= 0.6 is 0 Å². The highest BCUT2D eigenvalue weighted by atomic mass is 16.2. The lowest BCUT2D eigenvalue weighted by atomic mass is 10.3. The van der Waals surface area contributed by atoms with Crippen LogP contribution in [-0.2, 0) is 4.79 Å². The van der Waals surface area contributed by atoms with Gasteiger partial charge in [0.05, 0.1) is 12.4 Å². The van der Waals surface area contributed by atoms with Gasteiger partial charge in [0.1, 0.15) is 11.5 Å². The lowest BCUT2D eigenvalue weighted by molar-refractivity contribution is -0.118. The molecule has 0 saturated carbocycles. The Morgan fingerprint density at radius 2 is 1.95 bits per heavy atom. The Morgan fingerprint density at radius 1 is 1.25 bits per heavy atom. The number of carbonyl (C=O) groups excluding carboxylic acids is 2. The molecular formula is C13H19N5O2. The zero-order valence-electron chi connectivity index (χ0n) is 11.7. The highest BCUT2D eigenvalue weighted by Crippen LogP contribution is 2.11. The molecule has 0 bridgehead atoms. The molecule has 0 aliphatic carbocycles. The fourth-order valence-corrected chi connectivity index (χ4v) is 1.99. The maximum absolute atomic E-state index is 11.8. The minimum atomic E-state index is -0.218. The van der Waals surface area contributed by atoms with Crippen molar-refractivity contribution in [2.45, 2.75) is 19.9 Å². The van der Waals surface area contributed by atoms with Gasteiger partial charge in [-0.25, -0.2) is 9.97 Å². The maximum atomic E-state index is 11.8. The SMILES string of the molecule is CC(C)NC(=O)c1cnc(N2CCN(C=O)CC2)cn1. The van der Waals surface area contributed by atoms with Gasteiger partial charge in [-0.15, -0.1) is 0 Å². The number of carbonyl (C=O) groups is 2. The molecule has 7 nitrogen and oxygen atoms in total. The summed E-state index contributed by atoms with van der Waals surface area (Å²) in [6.45, 7) is 6.61. The number of amides is 2. The number of anilines is 1. The largest absolute Gasteiger partial charge is 0.352 e. The molecule has 7 heteroatoms. The summed E-state index contributed by atoms with van der Waals surface area (Å²) >= 11 is 0. The van der Waals surface area contributed by atoms with Crippen LogP contribution in [-0.4, -0.2) is 59.4 Å². The van der Waals surface area contributed by atoms with E-state index in [-0.39, 0.29) is 11.9 Å². The molecule has 108 valence electrons. The van der Waals surface area contributed by atoms with E-state index in [9.17, 15) is 9.59 Å². The molecule has 1 N–H and O–H groups in total. The average molecular weight is 277 g/mol. The van der Waals surface area contributed by atoms with Crippen LogP contribution in [0.1, 0.15) is 24.3 Å². The molecule has 1 fully saturated rings. The van der Waals surface area contributed by atoms with E-state index in [0.717, 1.165) is 25.3 Å². The quantitative estimate of drug-likeness (QED) is 0.777. The lowest BCUT2D eigenvalue weighted by Gasteiger charge is -2.33. The highest BCUT2D eigenvalue weighted by Gasteiger charge is 2.17. The third-order valence-electron chi connectivity index (χ3n) is 3.08. The van der Waals surface area contributed by atoms with Crippen molar-refractivity contribution < 1.29 is 9.59 Å². The Kier molecular flexibility index (Phi) is 4.49. The summed E-state index contributed by atoms with van der Waals surface area (Å²) in [5, 5.41) is 2.77. The molecule has 1 aromatic rings. The van der Waals surface area contributed by atoms with Gasteiger partial charge in [-0.1, -0.05) is 0 Å². The van der Waals surface area contributed by atoms with E-state index >= 15 is 0 Å². The number of hydrogen-bond acceptors (Lipinski definition) is 5. The van der Waals surface area contributed by atoms with Crippen LogP contribution in [0, 0.1) is 0 Å². The minimum absolute atomic E-state index is 0.0698. The molecule has 0 atom stereocenters. The molecule has 20 heavy (non-hydrogen) atoms. The van der Waals surface area contributed by atoms with Crippen molar-refractivity contribution in [2.24, 2.45) is 0 Å². The van der Waals surface area contributed by atoms with Crippen LogP contribution in [0.15, 0.2) is 12.4 Å². The van der Waals surface area contributed by atoms with E-state index < -0.39 is 0 Å². The van der Waals surface area contributed by atoms with Crippen LogP contribution in [0.3, 0.4) is 0 Å². The topological polar surface area (TPSA) is 78.4 Å². The van der Waals surface area contributed by atoms with E-state index in [4.69, 9.17) is 0 Å². The first kappa shape index (κ1) is 14.2. The summed E-state index contributed by atoms with van der Waals surface area (Å²) in [5.41, 5.74) is 0.314. The second-order valence-electron chi connectivity index (χ2n) is 5.02. The molecule has 0 unspecified atom stereocenters. The van der Waals surface area contributed by atoms with Crippen molar-refractivity contribution in [2.75, 3.05) is 31.1 Å². The Hall–Kier alpha value is -2.18. The fraction of sp³-hybridized carbons (Fsp3) is 0.538. The Labute approximate surface area is 118 Å². The van der Waals surface area contributed by atoms with Gasteiger partial charge < -0.3 is 15.1 Å². The third-order valence-corrected chi connectivity index (χ3v) is 3.08. The summed E-state index contributed by atoms with van der Waals surface area (Å²) in [5.74, 6) is 0.515. The summed E-state index contributed by atoms with van der Waals surface area (Å²) < 4.78 is 0. The summed E-state index contributed by atoms with van der Waals surface area (Å²) in [4.78, 5) is 34.6. The smallest absolute Gasteiger partial charge is 0.271 e. The van der Waals surface area contributed by atoms with E-state index in [0.29, 0.717) is 18.8 Å². The van der Waals surface area contributed by atoms with Crippen molar-refractivity contribution in [1.29, 1.82) is 0 Å². The Morgan fingerprint density at radius 3 is 2.45 bits per heavy atom. The maximum Gasteiger partial charge on any atom is 0.271 e. The molecule has 1 aromatic heterocycles. The van der Waals surface area contributed by atoms with Gasteiger partial charge in [-0.05, 0) is 13.8 Å². The number of nitrogens with one attached hydrogen (secondary N) is 1. The third kappa shape index (κ3) is 3.43. The van der Waals surface area contributed by atoms with Crippen LogP contribution in [0.5, 0.6) is 0 Å².